The van der Waals surface area contributed by atoms with Crippen molar-refractivity contribution in [1.29, 1.82) is 0 Å². The Balaban J connectivity index is 3.44. The summed E-state index contributed by atoms with van der Waals surface area (Å²) in [5.74, 6) is -0.856. The third-order valence-corrected chi connectivity index (χ3v) is 2.07. The molecule has 0 spiro atoms. The first kappa shape index (κ1) is 16.3. The summed E-state index contributed by atoms with van der Waals surface area (Å²) in [7, 11) is 3.06. The zero-order valence-corrected chi connectivity index (χ0v) is 10.4. The number of aliphatic carboxylic acids is 1. The van der Waals surface area contributed by atoms with Crippen LogP contribution in [0.3, 0.4) is 0 Å². The number of carbonyl (C=O) groups is 1. The van der Waals surface area contributed by atoms with Crippen LogP contribution in [0.4, 0.5) is 0 Å². The molecule has 17 heavy (non-hydrogen) atoms. The van der Waals surface area contributed by atoms with E-state index < -0.39 is 12.0 Å². The summed E-state index contributed by atoms with van der Waals surface area (Å²) in [4.78, 5) is 15.7. The summed E-state index contributed by atoms with van der Waals surface area (Å²) in [6, 6.07) is -0.560. The molecule has 0 aromatic carbocycles. The van der Waals surface area contributed by atoms with Gasteiger partial charge in [-0.1, -0.05) is 0 Å². The second kappa shape index (κ2) is 11.7. The smallest absolute Gasteiger partial charge is 0.320 e. The number of ether oxygens (including phenoxy) is 2. The van der Waals surface area contributed by atoms with Gasteiger partial charge in [-0.25, -0.2) is 0 Å². The Kier molecular flexibility index (Phi) is 11.2. The average Bonchev–Trinajstić information content (AvgIpc) is 2.31. The van der Waals surface area contributed by atoms with Gasteiger partial charge in [0.05, 0.1) is 6.73 Å². The largest absolute Gasteiger partial charge is 0.480 e. The maximum Gasteiger partial charge on any atom is 0.320 e. The van der Waals surface area contributed by atoms with Gasteiger partial charge in [0.15, 0.2) is 6.79 Å². The topological polar surface area (TPSA) is 89.0 Å². The van der Waals surface area contributed by atoms with Crippen LogP contribution in [-0.4, -0.2) is 51.4 Å². The number of hydrogen-bond acceptors (Lipinski definition) is 6. The van der Waals surface area contributed by atoms with Gasteiger partial charge in [0.25, 0.3) is 0 Å². The van der Waals surface area contributed by atoms with Gasteiger partial charge in [-0.05, 0) is 19.3 Å². The lowest BCUT2D eigenvalue weighted by molar-refractivity contribution is -0.140. The molecule has 7 heteroatoms. The number of unbranched alkanes of at least 4 members (excludes halogenated alkanes) is 1. The van der Waals surface area contributed by atoms with Crippen LogP contribution in [0.1, 0.15) is 19.3 Å². The number of carboxylic acid groups (broad SMARTS) is 1. The third kappa shape index (κ3) is 10.2. The predicted octanol–water partition coefficient (Wildman–Crippen LogP) is -0.0715. The molecule has 0 fully saturated rings. The van der Waals surface area contributed by atoms with E-state index in [1.165, 1.54) is 7.11 Å². The Labute approximate surface area is 101 Å². The van der Waals surface area contributed by atoms with Gasteiger partial charge in [0.2, 0.25) is 0 Å². The van der Waals surface area contributed by atoms with Gasteiger partial charge >= 0.3 is 5.97 Å². The van der Waals surface area contributed by atoms with E-state index in [2.05, 4.69) is 15.5 Å². The van der Waals surface area contributed by atoms with Crippen LogP contribution in [0.25, 0.3) is 0 Å². The van der Waals surface area contributed by atoms with Gasteiger partial charge in [0, 0.05) is 20.8 Å². The zero-order chi connectivity index (χ0) is 12.9. The molecule has 0 amide bonds. The maximum absolute atomic E-state index is 10.8. The van der Waals surface area contributed by atoms with E-state index in [0.29, 0.717) is 13.0 Å². The Morgan fingerprint density at radius 3 is 2.65 bits per heavy atom. The second-order valence-corrected chi connectivity index (χ2v) is 3.47. The van der Waals surface area contributed by atoms with Crippen LogP contribution in [-0.2, 0) is 19.1 Å². The van der Waals surface area contributed by atoms with Gasteiger partial charge in [-0.15, -0.1) is 0 Å². The van der Waals surface area contributed by atoms with Crippen LogP contribution < -0.4 is 10.8 Å². The second-order valence-electron chi connectivity index (χ2n) is 3.47. The number of methoxy groups -OCH3 is 2. The number of nitrogens with one attached hydrogen (secondary N) is 2. The minimum Gasteiger partial charge on any atom is -0.480 e. The van der Waals surface area contributed by atoms with E-state index in [1.807, 2.05) is 0 Å². The number of hydrogen-bond donors (Lipinski definition) is 3. The molecule has 1 atom stereocenters. The standard InChI is InChI=1S/C10H22N2O5/c1-15-7-11-9(10(13)14)5-3-4-6-12-17-8-16-2/h9,11-12H,3-8H2,1-2H3,(H,13,14). The van der Waals surface area contributed by atoms with Crippen molar-refractivity contribution >= 4 is 5.97 Å². The summed E-state index contributed by atoms with van der Waals surface area (Å²) < 4.78 is 9.45. The van der Waals surface area contributed by atoms with Crippen molar-refractivity contribution < 1.29 is 24.2 Å². The highest BCUT2D eigenvalue weighted by Gasteiger charge is 2.15. The molecule has 0 aromatic heterocycles. The fraction of sp³-hybridized carbons (Fsp3) is 0.900. The quantitative estimate of drug-likeness (QED) is 0.254. The molecule has 0 bridgehead atoms. The van der Waals surface area contributed by atoms with E-state index in [1.54, 1.807) is 7.11 Å². The molecule has 0 aromatic rings. The highest BCUT2D eigenvalue weighted by atomic mass is 16.7. The summed E-state index contributed by atoms with van der Waals surface area (Å²) in [6.07, 6.45) is 2.18. The fourth-order valence-corrected chi connectivity index (χ4v) is 1.22. The lowest BCUT2D eigenvalue weighted by Crippen LogP contribution is -2.37. The number of hydroxylamine groups is 1. The molecule has 7 nitrogen and oxygen atoms in total. The van der Waals surface area contributed by atoms with E-state index in [4.69, 9.17) is 14.7 Å². The molecule has 0 radical (unpaired) electrons. The van der Waals surface area contributed by atoms with Crippen LogP contribution >= 0.6 is 0 Å². The highest BCUT2D eigenvalue weighted by Crippen LogP contribution is 2.00. The SMILES string of the molecule is COCNC(CCCCNOCOC)C(=O)O. The van der Waals surface area contributed by atoms with Crippen molar-refractivity contribution in [3.8, 4) is 0 Å². The lowest BCUT2D eigenvalue weighted by Gasteiger charge is -2.13. The summed E-state index contributed by atoms with van der Waals surface area (Å²) in [5.41, 5.74) is 2.71. The zero-order valence-electron chi connectivity index (χ0n) is 10.4. The van der Waals surface area contributed by atoms with E-state index in [-0.39, 0.29) is 13.5 Å². The van der Waals surface area contributed by atoms with Crippen molar-refractivity contribution in [2.24, 2.45) is 0 Å². The summed E-state index contributed by atoms with van der Waals surface area (Å²) in [5, 5.41) is 11.7. The number of carboxylic acids is 1. The predicted molar refractivity (Wildman–Crippen MR) is 61.3 cm³/mol. The lowest BCUT2D eigenvalue weighted by atomic mass is 10.1. The molecule has 0 aliphatic rings. The summed E-state index contributed by atoms with van der Waals surface area (Å²) >= 11 is 0. The molecule has 0 aliphatic carbocycles. The fourth-order valence-electron chi connectivity index (χ4n) is 1.22. The van der Waals surface area contributed by atoms with Crippen molar-refractivity contribution in [2.75, 3.05) is 34.3 Å². The molecule has 0 saturated heterocycles. The normalized spacial score (nSPS) is 12.6. The molecular weight excluding hydrogens is 228 g/mol. The Hall–Kier alpha value is -0.730. The molecular formula is C10H22N2O5. The minimum absolute atomic E-state index is 0.202. The van der Waals surface area contributed by atoms with Crippen LogP contribution in [0.2, 0.25) is 0 Å². The molecule has 0 rings (SSSR count). The maximum atomic E-state index is 10.8. The number of rotatable bonds is 12. The van der Waals surface area contributed by atoms with Gasteiger partial charge in [-0.3, -0.25) is 14.9 Å². The van der Waals surface area contributed by atoms with E-state index in [0.717, 1.165) is 12.8 Å². The van der Waals surface area contributed by atoms with Crippen LogP contribution in [0, 0.1) is 0 Å². The van der Waals surface area contributed by atoms with Crippen molar-refractivity contribution in [1.82, 2.24) is 10.8 Å². The molecule has 102 valence electrons. The molecule has 0 aliphatic heterocycles. The Morgan fingerprint density at radius 2 is 2.06 bits per heavy atom. The van der Waals surface area contributed by atoms with E-state index in [9.17, 15) is 4.79 Å². The monoisotopic (exact) mass is 250 g/mol. The van der Waals surface area contributed by atoms with Crippen molar-refractivity contribution in [3.63, 3.8) is 0 Å². The van der Waals surface area contributed by atoms with Crippen molar-refractivity contribution in [3.05, 3.63) is 0 Å². The van der Waals surface area contributed by atoms with Gasteiger partial charge in [-0.2, -0.15) is 5.48 Å². The van der Waals surface area contributed by atoms with Crippen LogP contribution in [0.5, 0.6) is 0 Å². The third-order valence-electron chi connectivity index (χ3n) is 2.07. The minimum atomic E-state index is -0.856. The molecule has 0 saturated carbocycles. The van der Waals surface area contributed by atoms with Crippen LogP contribution in [0.15, 0.2) is 0 Å². The Morgan fingerprint density at radius 1 is 1.29 bits per heavy atom. The first-order valence-electron chi connectivity index (χ1n) is 5.51. The van der Waals surface area contributed by atoms with Crippen molar-refractivity contribution in [2.45, 2.75) is 25.3 Å². The Bertz CT molecular complexity index is 192. The molecule has 3 N–H and O–H groups in total. The highest BCUT2D eigenvalue weighted by molar-refractivity contribution is 5.73. The van der Waals surface area contributed by atoms with Gasteiger partial charge < -0.3 is 14.6 Å². The average molecular weight is 250 g/mol. The molecule has 0 heterocycles. The first-order chi connectivity index (χ1) is 8.22. The molecule has 1 unspecified atom stereocenters. The first-order valence-corrected chi connectivity index (χ1v) is 5.51. The summed E-state index contributed by atoms with van der Waals surface area (Å²) in [6.45, 7) is 1.11. The van der Waals surface area contributed by atoms with Gasteiger partial charge in [0.1, 0.15) is 6.04 Å². The van der Waals surface area contributed by atoms with E-state index >= 15 is 0 Å².